The fourth-order valence-corrected chi connectivity index (χ4v) is 5.13. The smallest absolute Gasteiger partial charge is 0.155 e. The first-order chi connectivity index (χ1) is 19.2. The molecule has 4 aromatic heterocycles. The number of aryl methyl sites for hydroxylation is 1. The third kappa shape index (κ3) is 5.60. The summed E-state index contributed by atoms with van der Waals surface area (Å²) in [7, 11) is 0. The fraction of sp³-hybridized carbons (Fsp3) is 0.133. The molecular formula is C30H27IN8. The number of pyridine rings is 2. The van der Waals surface area contributed by atoms with Gasteiger partial charge >= 0.3 is 0 Å². The molecule has 0 aliphatic heterocycles. The van der Waals surface area contributed by atoms with Gasteiger partial charge < -0.3 is 10.3 Å². The molecule has 0 amide bonds. The summed E-state index contributed by atoms with van der Waals surface area (Å²) in [5.74, 6) is 0.843. The number of nitrogens with zero attached hydrogens (tertiary/aromatic N) is 5. The Balaban J connectivity index is 1.25. The van der Waals surface area contributed by atoms with Crippen LogP contribution >= 0.6 is 22.9 Å². The lowest BCUT2D eigenvalue weighted by molar-refractivity contribution is 0.670. The van der Waals surface area contributed by atoms with E-state index in [4.69, 9.17) is 9.97 Å². The van der Waals surface area contributed by atoms with Gasteiger partial charge in [-0.3, -0.25) is 8.51 Å². The number of aromatic amines is 1. The molecule has 0 saturated carbocycles. The van der Waals surface area contributed by atoms with Gasteiger partial charge in [0, 0.05) is 53.4 Å². The van der Waals surface area contributed by atoms with Gasteiger partial charge in [0.2, 0.25) is 0 Å². The monoisotopic (exact) mass is 626 g/mol. The second-order valence-corrected chi connectivity index (χ2v) is 10.1. The van der Waals surface area contributed by atoms with Crippen LogP contribution in [0.5, 0.6) is 0 Å². The van der Waals surface area contributed by atoms with E-state index < -0.39 is 0 Å². The summed E-state index contributed by atoms with van der Waals surface area (Å²) in [6.07, 6.45) is 3.50. The molecule has 0 bridgehead atoms. The zero-order valence-corrected chi connectivity index (χ0v) is 23.6. The van der Waals surface area contributed by atoms with Gasteiger partial charge in [0.1, 0.15) is 12.2 Å². The van der Waals surface area contributed by atoms with Gasteiger partial charge in [0.15, 0.2) is 5.65 Å². The topological polar surface area (TPSA) is 95.8 Å². The maximum atomic E-state index is 4.99. The van der Waals surface area contributed by atoms with E-state index >= 15 is 0 Å². The average molecular weight is 627 g/mol. The highest BCUT2D eigenvalue weighted by atomic mass is 127. The van der Waals surface area contributed by atoms with Crippen LogP contribution in [0.25, 0.3) is 39.4 Å². The maximum Gasteiger partial charge on any atom is 0.155 e. The van der Waals surface area contributed by atoms with Crippen molar-refractivity contribution in [2.75, 3.05) is 0 Å². The molecule has 0 spiro atoms. The molecule has 0 atom stereocenters. The Morgan fingerprint density at radius 1 is 0.846 bits per heavy atom. The Morgan fingerprint density at radius 2 is 1.69 bits per heavy atom. The van der Waals surface area contributed by atoms with Crippen LogP contribution in [0.4, 0.5) is 0 Å². The van der Waals surface area contributed by atoms with Crippen molar-refractivity contribution < 1.29 is 0 Å². The zero-order valence-electron chi connectivity index (χ0n) is 21.4. The number of aromatic nitrogens is 6. The summed E-state index contributed by atoms with van der Waals surface area (Å²) in [6.45, 7) is 4.14. The number of halogens is 1. The molecule has 0 radical (unpaired) electrons. The molecule has 4 heterocycles. The molecule has 0 aliphatic carbocycles. The minimum absolute atomic E-state index is 0.582. The molecule has 9 heteroatoms. The lowest BCUT2D eigenvalue weighted by atomic mass is 9.98. The minimum Gasteiger partial charge on any atom is -0.339 e. The molecule has 0 unspecified atom stereocenters. The van der Waals surface area contributed by atoms with Crippen LogP contribution in [0.2, 0.25) is 0 Å². The van der Waals surface area contributed by atoms with Crippen LogP contribution in [0, 0.1) is 6.92 Å². The average Bonchev–Trinajstić information content (AvgIpc) is 3.61. The van der Waals surface area contributed by atoms with E-state index in [1.54, 1.807) is 10.8 Å². The second-order valence-electron chi connectivity index (χ2n) is 9.32. The number of benzene rings is 2. The number of H-pyrrole nitrogens is 1. The molecule has 8 nitrogen and oxygen atoms in total. The molecule has 194 valence electrons. The number of nitrogens with one attached hydrogen (secondary N) is 3. The lowest BCUT2D eigenvalue weighted by Crippen LogP contribution is -2.14. The van der Waals surface area contributed by atoms with Crippen LogP contribution < -0.4 is 8.85 Å². The molecule has 0 fully saturated rings. The highest BCUT2D eigenvalue weighted by molar-refractivity contribution is 14.1. The van der Waals surface area contributed by atoms with Crippen molar-refractivity contribution in [3.05, 3.63) is 114 Å². The quantitative estimate of drug-likeness (QED) is 0.137. The Hall–Kier alpha value is -3.93. The second kappa shape index (κ2) is 11.4. The third-order valence-corrected chi connectivity index (χ3v) is 6.99. The largest absolute Gasteiger partial charge is 0.339 e. The summed E-state index contributed by atoms with van der Waals surface area (Å²) >= 11 is 2.17. The van der Waals surface area contributed by atoms with Crippen molar-refractivity contribution in [3.63, 3.8) is 0 Å². The van der Waals surface area contributed by atoms with Crippen LogP contribution in [0.15, 0.2) is 91.4 Å². The van der Waals surface area contributed by atoms with Gasteiger partial charge in [-0.15, -0.1) is 0 Å². The van der Waals surface area contributed by atoms with Gasteiger partial charge in [0.25, 0.3) is 0 Å². The number of hydrogen-bond donors (Lipinski definition) is 3. The van der Waals surface area contributed by atoms with Crippen LogP contribution in [-0.2, 0) is 19.6 Å². The Kier molecular flexibility index (Phi) is 7.44. The summed E-state index contributed by atoms with van der Waals surface area (Å²) in [5, 5.41) is 7.88. The van der Waals surface area contributed by atoms with E-state index in [2.05, 4.69) is 95.3 Å². The number of rotatable bonds is 9. The first-order valence-corrected chi connectivity index (χ1v) is 13.8. The van der Waals surface area contributed by atoms with Crippen LogP contribution in [-0.4, -0.2) is 29.5 Å². The minimum atomic E-state index is 0.582. The van der Waals surface area contributed by atoms with Gasteiger partial charge in [-0.1, -0.05) is 54.6 Å². The van der Waals surface area contributed by atoms with E-state index in [0.29, 0.717) is 13.1 Å². The van der Waals surface area contributed by atoms with Crippen molar-refractivity contribution in [2.45, 2.75) is 26.6 Å². The third-order valence-electron chi connectivity index (χ3n) is 6.61. The normalized spacial score (nSPS) is 11.3. The first-order valence-electron chi connectivity index (χ1n) is 12.7. The zero-order chi connectivity index (χ0) is 26.6. The number of hydrogen-bond acceptors (Lipinski definition) is 6. The van der Waals surface area contributed by atoms with E-state index in [1.807, 2.05) is 43.5 Å². The highest BCUT2D eigenvalue weighted by Gasteiger charge is 2.16. The predicted octanol–water partition coefficient (Wildman–Crippen LogP) is 5.89. The summed E-state index contributed by atoms with van der Waals surface area (Å²) in [6, 6.07) is 27.2. The molecule has 3 N–H and O–H groups in total. The fourth-order valence-electron chi connectivity index (χ4n) is 4.69. The summed E-state index contributed by atoms with van der Waals surface area (Å²) in [5.41, 5.74) is 10.2. The number of fused-ring (bicyclic) bond motifs is 1. The van der Waals surface area contributed by atoms with Crippen molar-refractivity contribution in [2.24, 2.45) is 0 Å². The first kappa shape index (κ1) is 25.4. The van der Waals surface area contributed by atoms with Crippen molar-refractivity contribution >= 4 is 28.5 Å². The SMILES string of the molecule is Cc1cccc(-c2[nH]c(CNCc3ccccc3-c3ccc(CNI)cc3)nc2-c2ccc3ncnn3c2)n1. The van der Waals surface area contributed by atoms with Crippen molar-refractivity contribution in [3.8, 4) is 33.8 Å². The molecular weight excluding hydrogens is 599 g/mol. The summed E-state index contributed by atoms with van der Waals surface area (Å²) in [4.78, 5) is 17.5. The molecule has 0 saturated heterocycles. The van der Waals surface area contributed by atoms with E-state index in [1.165, 1.54) is 22.3 Å². The van der Waals surface area contributed by atoms with Crippen LogP contribution in [0.3, 0.4) is 0 Å². The van der Waals surface area contributed by atoms with Gasteiger partial charge in [-0.25, -0.2) is 14.5 Å². The highest BCUT2D eigenvalue weighted by Crippen LogP contribution is 2.30. The molecule has 6 aromatic rings. The Labute approximate surface area is 240 Å². The molecule has 6 rings (SSSR count). The Bertz CT molecular complexity index is 1720. The van der Waals surface area contributed by atoms with E-state index in [0.717, 1.165) is 46.4 Å². The van der Waals surface area contributed by atoms with Crippen molar-refractivity contribution in [1.82, 2.24) is 38.4 Å². The molecule has 0 aliphatic rings. The van der Waals surface area contributed by atoms with Crippen LogP contribution in [0.1, 0.15) is 22.6 Å². The Morgan fingerprint density at radius 3 is 2.54 bits per heavy atom. The van der Waals surface area contributed by atoms with Gasteiger partial charge in [-0.05, 0) is 53.4 Å². The maximum absolute atomic E-state index is 4.99. The molecule has 2 aromatic carbocycles. The van der Waals surface area contributed by atoms with E-state index in [-0.39, 0.29) is 0 Å². The van der Waals surface area contributed by atoms with Gasteiger partial charge in [-0.2, -0.15) is 5.10 Å². The standard InChI is InChI=1S/C30H27IN8/c1-20-5-4-8-26(36-20)30-29(24-13-14-28-33-19-35-39(28)18-24)37-27(38-30)17-32-16-23-6-2-3-7-25(23)22-11-9-21(10-12-22)15-34-31/h2-14,18-19,32,34H,15-17H2,1H3,(H,37,38). The predicted molar refractivity (Wildman–Crippen MR) is 162 cm³/mol. The summed E-state index contributed by atoms with van der Waals surface area (Å²) < 4.78 is 4.94. The van der Waals surface area contributed by atoms with E-state index in [9.17, 15) is 0 Å². The molecule has 39 heavy (non-hydrogen) atoms. The number of imidazole rings is 1. The van der Waals surface area contributed by atoms with Crippen molar-refractivity contribution in [1.29, 1.82) is 0 Å². The van der Waals surface area contributed by atoms with Gasteiger partial charge in [0.05, 0.1) is 23.6 Å². The lowest BCUT2D eigenvalue weighted by Gasteiger charge is -2.11.